The normalized spacial score (nSPS) is 18.9. The highest BCUT2D eigenvalue weighted by Crippen LogP contribution is 2.53. The maximum Gasteiger partial charge on any atom is 0.141 e. The van der Waals surface area contributed by atoms with Gasteiger partial charge in [-0.05, 0) is 65.3 Å². The Morgan fingerprint density at radius 3 is 2.81 bits per heavy atom. The van der Waals surface area contributed by atoms with Crippen molar-refractivity contribution in [3.63, 3.8) is 0 Å². The van der Waals surface area contributed by atoms with E-state index in [2.05, 4.69) is 96.2 Å². The third-order valence-corrected chi connectivity index (χ3v) is 8.25. The average Bonchev–Trinajstić information content (AvgIpc) is 3.38. The quantitative estimate of drug-likeness (QED) is 0.304. The van der Waals surface area contributed by atoms with Crippen molar-refractivity contribution in [2.45, 2.75) is 44.6 Å². The largest absolute Gasteiger partial charge is 0.337 e. The molecule has 2 heterocycles. The zero-order valence-electron chi connectivity index (χ0n) is 20.6. The second kappa shape index (κ2) is 7.67. The molecule has 36 heavy (non-hydrogen) atoms. The van der Waals surface area contributed by atoms with E-state index in [-0.39, 0.29) is 11.5 Å². The fourth-order valence-corrected chi connectivity index (χ4v) is 6.69. The van der Waals surface area contributed by atoms with Gasteiger partial charge in [-0.3, -0.25) is 0 Å². The molecular weight excluding hydrogens is 438 g/mol. The van der Waals surface area contributed by atoms with Crippen LogP contribution in [-0.2, 0) is 11.8 Å². The lowest BCUT2D eigenvalue weighted by Crippen LogP contribution is -2.15. The third-order valence-electron chi connectivity index (χ3n) is 8.25. The monoisotopic (exact) mass is 465 g/mol. The summed E-state index contributed by atoms with van der Waals surface area (Å²) in [4.78, 5) is 4.59. The Balaban J connectivity index is 1.42. The molecule has 3 heteroatoms. The molecule has 174 valence electrons. The summed E-state index contributed by atoms with van der Waals surface area (Å²) in [6.45, 7) is 4.76. The lowest BCUT2D eigenvalue weighted by molar-refractivity contribution is 0.604. The van der Waals surface area contributed by atoms with Crippen molar-refractivity contribution in [2.24, 2.45) is 0 Å². The summed E-state index contributed by atoms with van der Waals surface area (Å²) in [5.41, 5.74) is 12.2. The van der Waals surface area contributed by atoms with Crippen molar-refractivity contribution in [2.75, 3.05) is 0 Å². The highest BCUT2D eigenvalue weighted by Gasteiger charge is 2.39. The molecule has 0 spiro atoms. The van der Waals surface area contributed by atoms with E-state index in [1.165, 1.54) is 50.0 Å². The van der Waals surface area contributed by atoms with E-state index in [1.807, 2.05) is 12.1 Å². The van der Waals surface area contributed by atoms with E-state index < -0.39 is 0 Å². The molecule has 3 aliphatic carbocycles. The summed E-state index contributed by atoms with van der Waals surface area (Å²) in [7, 11) is 0. The molecule has 0 saturated carbocycles. The molecule has 0 radical (unpaired) electrons. The summed E-state index contributed by atoms with van der Waals surface area (Å²) < 4.78 is 2.59. The fourth-order valence-electron chi connectivity index (χ4n) is 6.69. The predicted octanol–water partition coefficient (Wildman–Crippen LogP) is 7.76. The fraction of sp³-hybridized carbons (Fsp3) is 0.212. The van der Waals surface area contributed by atoms with Gasteiger partial charge in [0.05, 0.1) is 11.7 Å². The van der Waals surface area contributed by atoms with E-state index in [1.54, 1.807) is 6.07 Å². The Morgan fingerprint density at radius 1 is 1.03 bits per heavy atom. The maximum atomic E-state index is 9.34. The molecule has 2 aromatic heterocycles. The van der Waals surface area contributed by atoms with Gasteiger partial charge in [-0.25, -0.2) is 4.98 Å². The molecular formula is C33H27N3. The van der Waals surface area contributed by atoms with Gasteiger partial charge < -0.3 is 4.57 Å². The van der Waals surface area contributed by atoms with Crippen LogP contribution in [0.1, 0.15) is 66.5 Å². The number of nitriles is 1. The molecule has 3 aliphatic rings. The van der Waals surface area contributed by atoms with Crippen molar-refractivity contribution in [1.29, 1.82) is 5.26 Å². The smallest absolute Gasteiger partial charge is 0.141 e. The Kier molecular flexibility index (Phi) is 4.51. The second-order valence-corrected chi connectivity index (χ2v) is 10.6. The molecule has 3 nitrogen and oxygen atoms in total. The summed E-state index contributed by atoms with van der Waals surface area (Å²) in [6.07, 6.45) is 14.3. The number of hydrogen-bond donors (Lipinski definition) is 0. The van der Waals surface area contributed by atoms with Gasteiger partial charge in [-0.2, -0.15) is 5.26 Å². The number of fused-ring (bicyclic) bond motifs is 7. The van der Waals surface area contributed by atoms with Crippen LogP contribution in [0.4, 0.5) is 0 Å². The first-order valence-electron chi connectivity index (χ1n) is 12.8. The lowest BCUT2D eigenvalue weighted by atomic mass is 9.80. The minimum Gasteiger partial charge on any atom is -0.337 e. The predicted molar refractivity (Wildman–Crippen MR) is 147 cm³/mol. The highest BCUT2D eigenvalue weighted by atomic mass is 15.0. The molecule has 0 fully saturated rings. The first-order chi connectivity index (χ1) is 17.6. The van der Waals surface area contributed by atoms with E-state index in [0.717, 1.165) is 25.0 Å². The number of benzene rings is 2. The number of allylic oxidation sites excluding steroid dienone is 5. The second-order valence-electron chi connectivity index (χ2n) is 10.6. The van der Waals surface area contributed by atoms with Crippen molar-refractivity contribution < 1.29 is 0 Å². The Bertz CT molecular complexity index is 1700. The third kappa shape index (κ3) is 2.88. The number of nitrogens with zero attached hydrogens (tertiary/aromatic N) is 3. The van der Waals surface area contributed by atoms with Crippen LogP contribution in [0.15, 0.2) is 78.9 Å². The van der Waals surface area contributed by atoms with Gasteiger partial charge in [0.25, 0.3) is 0 Å². The standard InChI is InChI=1S/C33H27N3/c1-33(2)27-14-5-3-12-24(27)25-17-18-30-31(32(25)33)26-13-4-6-16-29(26)36(30)23-11-7-9-21(19-23)28-15-8-10-22(20-34)35-28/h3-5,7-15,17-18,23H,6,16,19H2,1-2H3. The number of hydrogen-bond acceptors (Lipinski definition) is 2. The zero-order valence-corrected chi connectivity index (χ0v) is 20.6. The maximum absolute atomic E-state index is 9.34. The van der Waals surface area contributed by atoms with Gasteiger partial charge >= 0.3 is 0 Å². The molecule has 0 aliphatic heterocycles. The van der Waals surface area contributed by atoms with Crippen LogP contribution in [0.25, 0.3) is 33.7 Å². The van der Waals surface area contributed by atoms with Crippen molar-refractivity contribution in [1.82, 2.24) is 9.55 Å². The van der Waals surface area contributed by atoms with Crippen molar-refractivity contribution in [3.05, 3.63) is 113 Å². The van der Waals surface area contributed by atoms with Crippen LogP contribution in [0.5, 0.6) is 0 Å². The SMILES string of the molecule is CC1(C)c2ccccc2-c2ccc3c(c4c(n3C3C=CC=C(c5cccc(C#N)n5)C3)CCC=C4)c21. The van der Waals surface area contributed by atoms with Gasteiger partial charge in [0.15, 0.2) is 0 Å². The molecule has 0 amide bonds. The molecule has 7 rings (SSSR count). The summed E-state index contributed by atoms with van der Waals surface area (Å²) in [6, 6.07) is 21.7. The van der Waals surface area contributed by atoms with Gasteiger partial charge in [0, 0.05) is 27.6 Å². The number of rotatable bonds is 2. The van der Waals surface area contributed by atoms with Crippen molar-refractivity contribution >= 4 is 22.6 Å². The minimum absolute atomic E-state index is 0.0498. The molecule has 2 aromatic carbocycles. The number of pyridine rings is 1. The molecule has 4 aromatic rings. The van der Waals surface area contributed by atoms with E-state index in [4.69, 9.17) is 0 Å². The lowest BCUT2D eigenvalue weighted by Gasteiger charge is -2.25. The van der Waals surface area contributed by atoms with Gasteiger partial charge in [0.1, 0.15) is 11.8 Å². The Hall–Kier alpha value is -4.16. The topological polar surface area (TPSA) is 41.6 Å². The Labute approximate surface area is 211 Å². The van der Waals surface area contributed by atoms with Crippen LogP contribution in [0.3, 0.4) is 0 Å². The zero-order chi connectivity index (χ0) is 24.4. The first kappa shape index (κ1) is 21.1. The van der Waals surface area contributed by atoms with Gasteiger partial charge in [0.2, 0.25) is 0 Å². The molecule has 0 N–H and O–H groups in total. The minimum atomic E-state index is -0.0498. The van der Waals surface area contributed by atoms with E-state index >= 15 is 0 Å². The van der Waals surface area contributed by atoms with E-state index in [9.17, 15) is 5.26 Å². The van der Waals surface area contributed by atoms with Crippen molar-refractivity contribution in [3.8, 4) is 17.2 Å². The van der Waals surface area contributed by atoms with Gasteiger partial charge in [-0.1, -0.05) is 80.6 Å². The number of aromatic nitrogens is 2. The van der Waals surface area contributed by atoms with Crippen LogP contribution in [0, 0.1) is 11.3 Å². The molecule has 0 saturated heterocycles. The molecule has 0 bridgehead atoms. The van der Waals surface area contributed by atoms with Crippen LogP contribution < -0.4 is 0 Å². The summed E-state index contributed by atoms with van der Waals surface area (Å²) in [5.74, 6) is 0. The summed E-state index contributed by atoms with van der Waals surface area (Å²) >= 11 is 0. The Morgan fingerprint density at radius 2 is 1.92 bits per heavy atom. The van der Waals surface area contributed by atoms with Gasteiger partial charge in [-0.15, -0.1) is 0 Å². The molecule has 1 atom stereocenters. The summed E-state index contributed by atoms with van der Waals surface area (Å²) in [5, 5.41) is 10.8. The van der Waals surface area contributed by atoms with Crippen LogP contribution >= 0.6 is 0 Å². The first-order valence-corrected chi connectivity index (χ1v) is 12.8. The van der Waals surface area contributed by atoms with E-state index in [0.29, 0.717) is 5.69 Å². The molecule has 1 unspecified atom stereocenters. The highest BCUT2D eigenvalue weighted by molar-refractivity contribution is 6.02. The average molecular weight is 466 g/mol. The van der Waals surface area contributed by atoms with Crippen LogP contribution in [0.2, 0.25) is 0 Å². The van der Waals surface area contributed by atoms with Crippen LogP contribution in [-0.4, -0.2) is 9.55 Å².